The number of rotatable bonds is 4. The van der Waals surface area contributed by atoms with E-state index in [-0.39, 0.29) is 0 Å². The van der Waals surface area contributed by atoms with Crippen LogP contribution in [0, 0.1) is 5.92 Å². The maximum atomic E-state index is 5.86. The zero-order valence-corrected chi connectivity index (χ0v) is 10.1. The molecule has 0 saturated heterocycles. The molecule has 0 aliphatic rings. The van der Waals surface area contributed by atoms with Crippen LogP contribution in [0.5, 0.6) is 5.88 Å². The van der Waals surface area contributed by atoms with Crippen molar-refractivity contribution in [2.24, 2.45) is 5.92 Å². The molecular weight excluding hydrogens is 210 g/mol. The van der Waals surface area contributed by atoms with Crippen LogP contribution >= 0.6 is 11.6 Å². The van der Waals surface area contributed by atoms with Crippen LogP contribution in [-0.4, -0.2) is 18.0 Å². The summed E-state index contributed by atoms with van der Waals surface area (Å²) in [7, 11) is 1.61. The molecule has 0 radical (unpaired) electrons. The van der Waals surface area contributed by atoms with Crippen molar-refractivity contribution in [1.82, 2.24) is 4.98 Å². The van der Waals surface area contributed by atoms with E-state index in [4.69, 9.17) is 16.3 Å². The summed E-state index contributed by atoms with van der Waals surface area (Å²) in [6.45, 7) is 4.26. The molecule has 15 heavy (non-hydrogen) atoms. The van der Waals surface area contributed by atoms with Crippen molar-refractivity contribution < 1.29 is 4.74 Å². The largest absolute Gasteiger partial charge is 0.481 e. The molecule has 0 fully saturated rings. The maximum Gasteiger partial charge on any atom is 0.212 e. The highest BCUT2D eigenvalue weighted by molar-refractivity contribution is 6.19. The molecule has 0 spiro atoms. The minimum Gasteiger partial charge on any atom is -0.481 e. The molecule has 1 rings (SSSR count). The minimum absolute atomic E-state index is 0.463. The van der Waals surface area contributed by atoms with E-state index in [1.807, 2.05) is 12.1 Å². The van der Waals surface area contributed by atoms with Crippen molar-refractivity contribution in [3.05, 3.63) is 29.5 Å². The Hall–Kier alpha value is -1.02. The molecule has 1 heterocycles. The first-order valence-corrected chi connectivity index (χ1v) is 5.47. The van der Waals surface area contributed by atoms with Crippen molar-refractivity contribution in [3.8, 4) is 5.88 Å². The molecule has 0 aromatic carbocycles. The van der Waals surface area contributed by atoms with Crippen LogP contribution in [-0.2, 0) is 0 Å². The van der Waals surface area contributed by atoms with Crippen LogP contribution in [0.2, 0.25) is 0 Å². The van der Waals surface area contributed by atoms with Gasteiger partial charge in [-0.3, -0.25) is 0 Å². The van der Waals surface area contributed by atoms with E-state index in [9.17, 15) is 0 Å². The normalized spacial score (nSPS) is 11.9. The first-order chi connectivity index (χ1) is 7.17. The number of hydrogen-bond acceptors (Lipinski definition) is 2. The summed E-state index contributed by atoms with van der Waals surface area (Å²) in [6.07, 6.45) is 3.86. The van der Waals surface area contributed by atoms with E-state index in [0.717, 1.165) is 5.56 Å². The van der Waals surface area contributed by atoms with E-state index in [1.54, 1.807) is 13.3 Å². The van der Waals surface area contributed by atoms with Gasteiger partial charge in [-0.2, -0.15) is 0 Å². The Labute approximate surface area is 95.9 Å². The lowest BCUT2D eigenvalue weighted by Gasteiger charge is -2.07. The predicted octanol–water partition coefficient (Wildman–Crippen LogP) is 3.37. The Morgan fingerprint density at radius 2 is 2.27 bits per heavy atom. The molecule has 0 aliphatic carbocycles. The van der Waals surface area contributed by atoms with Crippen LogP contribution < -0.4 is 4.74 Å². The van der Waals surface area contributed by atoms with E-state index < -0.39 is 0 Å². The van der Waals surface area contributed by atoms with Crippen LogP contribution in [0.3, 0.4) is 0 Å². The van der Waals surface area contributed by atoms with Gasteiger partial charge in [-0.25, -0.2) is 4.98 Å². The average Bonchev–Trinajstić information content (AvgIpc) is 2.26. The van der Waals surface area contributed by atoms with Crippen molar-refractivity contribution in [3.63, 3.8) is 0 Å². The summed E-state index contributed by atoms with van der Waals surface area (Å²) in [5.74, 6) is 1.65. The number of nitrogens with zero attached hydrogens (tertiary/aromatic N) is 1. The second kappa shape index (κ2) is 5.76. The fourth-order valence-electron chi connectivity index (χ4n) is 1.17. The maximum absolute atomic E-state index is 5.86. The lowest BCUT2D eigenvalue weighted by molar-refractivity contribution is 0.398. The fourth-order valence-corrected chi connectivity index (χ4v) is 1.56. The van der Waals surface area contributed by atoms with Crippen molar-refractivity contribution in [1.29, 1.82) is 0 Å². The number of pyridine rings is 1. The summed E-state index contributed by atoms with van der Waals surface area (Å²) in [5.41, 5.74) is 2.27. The van der Waals surface area contributed by atoms with Crippen LogP contribution in [0.4, 0.5) is 0 Å². The van der Waals surface area contributed by atoms with Gasteiger partial charge in [-0.15, -0.1) is 11.6 Å². The van der Waals surface area contributed by atoms with E-state index >= 15 is 0 Å². The van der Waals surface area contributed by atoms with Crippen molar-refractivity contribution >= 4 is 17.7 Å². The smallest absolute Gasteiger partial charge is 0.212 e. The second-order valence-corrected chi connectivity index (χ2v) is 3.91. The SMILES string of the molecule is COc1ccc(/C=C(/CCl)C(C)C)cn1. The minimum atomic E-state index is 0.463. The van der Waals surface area contributed by atoms with Crippen molar-refractivity contribution in [2.75, 3.05) is 13.0 Å². The number of ether oxygens (including phenoxy) is 1. The first-order valence-electron chi connectivity index (χ1n) is 4.94. The Balaban J connectivity index is 2.87. The van der Waals surface area contributed by atoms with Gasteiger partial charge < -0.3 is 4.74 Å². The third-order valence-electron chi connectivity index (χ3n) is 2.22. The average molecular weight is 226 g/mol. The molecule has 0 atom stereocenters. The zero-order valence-electron chi connectivity index (χ0n) is 9.33. The highest BCUT2D eigenvalue weighted by Crippen LogP contribution is 2.16. The lowest BCUT2D eigenvalue weighted by Crippen LogP contribution is -1.95. The quantitative estimate of drug-likeness (QED) is 0.733. The van der Waals surface area contributed by atoms with E-state index in [1.165, 1.54) is 5.57 Å². The molecule has 0 bridgehead atoms. The fraction of sp³-hybridized carbons (Fsp3) is 0.417. The molecule has 82 valence electrons. The van der Waals surface area contributed by atoms with E-state index in [0.29, 0.717) is 17.7 Å². The number of methoxy groups -OCH3 is 1. The topological polar surface area (TPSA) is 22.1 Å². The molecule has 0 aliphatic heterocycles. The van der Waals surface area contributed by atoms with E-state index in [2.05, 4.69) is 24.9 Å². The summed E-state index contributed by atoms with van der Waals surface area (Å²) in [4.78, 5) is 4.13. The molecule has 0 N–H and O–H groups in total. The lowest BCUT2D eigenvalue weighted by atomic mass is 10.0. The Morgan fingerprint density at radius 3 is 2.67 bits per heavy atom. The van der Waals surface area contributed by atoms with Gasteiger partial charge in [0.15, 0.2) is 0 Å². The third kappa shape index (κ3) is 3.56. The van der Waals surface area contributed by atoms with Gasteiger partial charge in [0.2, 0.25) is 5.88 Å². The summed E-state index contributed by atoms with van der Waals surface area (Å²) >= 11 is 5.86. The molecule has 0 amide bonds. The molecule has 0 unspecified atom stereocenters. The Bertz CT molecular complexity index is 330. The van der Waals surface area contributed by atoms with Gasteiger partial charge in [-0.05, 0) is 17.5 Å². The third-order valence-corrected chi connectivity index (χ3v) is 2.52. The molecule has 2 nitrogen and oxygen atoms in total. The Morgan fingerprint density at radius 1 is 1.53 bits per heavy atom. The first kappa shape index (κ1) is 12.1. The number of aromatic nitrogens is 1. The van der Waals surface area contributed by atoms with Gasteiger partial charge >= 0.3 is 0 Å². The number of alkyl halides is 1. The second-order valence-electron chi connectivity index (χ2n) is 3.64. The van der Waals surface area contributed by atoms with Gasteiger partial charge in [0.25, 0.3) is 0 Å². The van der Waals surface area contributed by atoms with Crippen LogP contribution in [0.1, 0.15) is 19.4 Å². The van der Waals surface area contributed by atoms with Gasteiger partial charge in [-0.1, -0.05) is 25.5 Å². The molecular formula is C12H16ClNO. The Kier molecular flexibility index (Phi) is 4.63. The monoisotopic (exact) mass is 225 g/mol. The molecule has 3 heteroatoms. The van der Waals surface area contributed by atoms with Gasteiger partial charge in [0, 0.05) is 18.1 Å². The van der Waals surface area contributed by atoms with Gasteiger partial charge in [0.1, 0.15) is 0 Å². The summed E-state index contributed by atoms with van der Waals surface area (Å²) < 4.78 is 4.99. The number of allylic oxidation sites excluding steroid dienone is 1. The molecule has 1 aromatic heterocycles. The summed E-state index contributed by atoms with van der Waals surface area (Å²) in [6, 6.07) is 3.82. The molecule has 0 saturated carbocycles. The predicted molar refractivity (Wildman–Crippen MR) is 64.3 cm³/mol. The number of hydrogen-bond donors (Lipinski definition) is 0. The number of halogens is 1. The highest BCUT2D eigenvalue weighted by atomic mass is 35.5. The van der Waals surface area contributed by atoms with Crippen molar-refractivity contribution in [2.45, 2.75) is 13.8 Å². The highest BCUT2D eigenvalue weighted by Gasteiger charge is 2.02. The zero-order chi connectivity index (χ0) is 11.3. The van der Waals surface area contributed by atoms with Crippen LogP contribution in [0.25, 0.3) is 6.08 Å². The molecule has 1 aromatic rings. The van der Waals surface area contributed by atoms with Gasteiger partial charge in [0.05, 0.1) is 7.11 Å². The summed E-state index contributed by atoms with van der Waals surface area (Å²) in [5, 5.41) is 0. The van der Waals surface area contributed by atoms with Crippen LogP contribution in [0.15, 0.2) is 23.9 Å². The standard InChI is InChI=1S/C12H16ClNO/c1-9(2)11(7-13)6-10-4-5-12(15-3)14-8-10/h4-6,8-9H,7H2,1-3H3/b11-6-.